The van der Waals surface area contributed by atoms with Crippen LogP contribution in [0.1, 0.15) is 112 Å². The molecule has 2 aromatic carbocycles. The summed E-state index contributed by atoms with van der Waals surface area (Å²) in [5.41, 5.74) is -1.50. The van der Waals surface area contributed by atoms with Gasteiger partial charge in [0, 0.05) is 39.1 Å². The highest BCUT2D eigenvalue weighted by Gasteiger charge is 2.38. The third kappa shape index (κ3) is 20.3. The average molecular weight is 849 g/mol. The lowest BCUT2D eigenvalue weighted by molar-refractivity contribution is -0.189. The Hall–Kier alpha value is -3.66. The fourth-order valence-corrected chi connectivity index (χ4v) is 5.92. The van der Waals surface area contributed by atoms with Gasteiger partial charge in [0.05, 0.1) is 67.5 Å². The number of hydrogen-bond acceptors (Lipinski definition) is 12. The second-order valence-corrected chi connectivity index (χ2v) is 17.9. The normalized spacial score (nSPS) is 13.6. The van der Waals surface area contributed by atoms with Crippen LogP contribution >= 0.6 is 0 Å². The van der Waals surface area contributed by atoms with Crippen LogP contribution < -0.4 is 10.6 Å². The predicted molar refractivity (Wildman–Crippen MR) is 232 cm³/mol. The highest BCUT2D eigenvalue weighted by Crippen LogP contribution is 2.30. The summed E-state index contributed by atoms with van der Waals surface area (Å²) >= 11 is 0. The molecule has 0 bridgehead atoms. The summed E-state index contributed by atoms with van der Waals surface area (Å²) in [5, 5.41) is 44.4. The molecule has 342 valence electrons. The number of ether oxygens (including phenoxy) is 6. The lowest BCUT2D eigenvalue weighted by atomic mass is 9.91. The van der Waals surface area contributed by atoms with Gasteiger partial charge in [-0.1, -0.05) is 19.1 Å². The van der Waals surface area contributed by atoms with Crippen molar-refractivity contribution in [2.45, 2.75) is 137 Å². The smallest absolute Gasteiger partial charge is 0.220 e. The van der Waals surface area contributed by atoms with E-state index in [1.165, 1.54) is 24.3 Å². The minimum Gasteiger partial charge on any atom is -0.504 e. The number of nitrogens with one attached hydrogen (secondary N) is 2. The molecule has 0 saturated heterocycles. The van der Waals surface area contributed by atoms with Gasteiger partial charge >= 0.3 is 0 Å². The molecule has 2 rings (SSSR count). The van der Waals surface area contributed by atoms with E-state index in [4.69, 9.17) is 28.4 Å². The maximum Gasteiger partial charge on any atom is 0.220 e. The predicted octanol–water partition coefficient (Wildman–Crippen LogP) is 6.72. The SMILES string of the molecule is CCOCC(COCC)(COC(C)(C)COC(C)(C)CCNC(=O)CCc1ccc(O)c(O)c1)COC(C)(C)COC(C)(CC)CCNC(=O)CCc1ccc(O)c(O)c1. The molecule has 14 heteroatoms. The van der Waals surface area contributed by atoms with E-state index in [2.05, 4.69) is 17.6 Å². The van der Waals surface area contributed by atoms with Gasteiger partial charge in [-0.05, 0) is 130 Å². The number of carbonyl (C=O) groups excluding carboxylic acids is 2. The van der Waals surface area contributed by atoms with Crippen molar-refractivity contribution in [3.8, 4) is 23.0 Å². The fraction of sp³-hybridized carbons (Fsp3) is 0.696. The van der Waals surface area contributed by atoms with Crippen LogP contribution in [0.3, 0.4) is 0 Å². The van der Waals surface area contributed by atoms with E-state index in [-0.39, 0.29) is 60.9 Å². The zero-order valence-electron chi connectivity index (χ0n) is 38.0. The topological polar surface area (TPSA) is 194 Å². The summed E-state index contributed by atoms with van der Waals surface area (Å²) in [5.74, 6) is -0.998. The summed E-state index contributed by atoms with van der Waals surface area (Å²) in [6, 6.07) is 9.12. The maximum absolute atomic E-state index is 12.6. The largest absolute Gasteiger partial charge is 0.504 e. The molecule has 2 aromatic rings. The minimum absolute atomic E-state index is 0.102. The standard InChI is InChI=1S/C46H76N2O12/c1-11-45(10,23-25-48-41(54)21-17-35-15-19-37(50)39(52)27-35)60-29-44(8,9)59-33-46(30-55-12-2,31-56-13-3)32-58-43(6,7)28-57-42(4,5)22-24-47-40(53)20-16-34-14-18-36(49)38(51)26-34/h14-15,18-19,26-27,49-52H,11-13,16-17,20-25,28-33H2,1-10H3,(H,47,53)(H,48,54). The molecular formula is C46H76N2O12. The zero-order chi connectivity index (χ0) is 45.0. The number of aromatic hydroxyl groups is 4. The van der Waals surface area contributed by atoms with Gasteiger partial charge in [-0.3, -0.25) is 9.59 Å². The van der Waals surface area contributed by atoms with Gasteiger partial charge in [0.1, 0.15) is 0 Å². The van der Waals surface area contributed by atoms with Crippen molar-refractivity contribution in [2.75, 3.05) is 65.9 Å². The van der Waals surface area contributed by atoms with E-state index in [0.717, 1.165) is 17.5 Å². The third-order valence-corrected chi connectivity index (χ3v) is 10.5. The first-order chi connectivity index (χ1) is 28.1. The molecule has 6 N–H and O–H groups in total. The van der Waals surface area contributed by atoms with Gasteiger partial charge in [-0.2, -0.15) is 0 Å². The Morgan fingerprint density at radius 1 is 0.533 bits per heavy atom. The van der Waals surface area contributed by atoms with Crippen LogP contribution in [-0.2, 0) is 50.9 Å². The molecular weight excluding hydrogens is 773 g/mol. The number of aryl methyl sites for hydroxylation is 2. The van der Waals surface area contributed by atoms with Crippen LogP contribution in [0.15, 0.2) is 36.4 Å². The van der Waals surface area contributed by atoms with Crippen LogP contribution in [0.5, 0.6) is 23.0 Å². The summed E-state index contributed by atoms with van der Waals surface area (Å²) in [4.78, 5) is 25.1. The number of phenols is 4. The lowest BCUT2D eigenvalue weighted by Crippen LogP contribution is -2.48. The first kappa shape index (κ1) is 52.5. The van der Waals surface area contributed by atoms with Crippen LogP contribution in [0.25, 0.3) is 0 Å². The second-order valence-electron chi connectivity index (χ2n) is 17.9. The second kappa shape index (κ2) is 24.7. The van der Waals surface area contributed by atoms with Crippen molar-refractivity contribution in [3.63, 3.8) is 0 Å². The van der Waals surface area contributed by atoms with Crippen LogP contribution in [0.2, 0.25) is 0 Å². The monoisotopic (exact) mass is 849 g/mol. The van der Waals surface area contributed by atoms with Crippen molar-refractivity contribution in [1.82, 2.24) is 10.6 Å². The minimum atomic E-state index is -0.675. The Balaban J connectivity index is 1.90. The quantitative estimate of drug-likeness (QED) is 0.0440. The van der Waals surface area contributed by atoms with Crippen molar-refractivity contribution >= 4 is 11.8 Å². The van der Waals surface area contributed by atoms with Crippen LogP contribution in [-0.4, -0.2) is 121 Å². The molecule has 0 aliphatic rings. The van der Waals surface area contributed by atoms with Crippen molar-refractivity contribution in [3.05, 3.63) is 47.5 Å². The summed E-state index contributed by atoms with van der Waals surface area (Å²) < 4.78 is 38.0. The number of benzene rings is 2. The van der Waals surface area contributed by atoms with Crippen molar-refractivity contribution in [1.29, 1.82) is 0 Å². The van der Waals surface area contributed by atoms with E-state index in [1.54, 1.807) is 12.1 Å². The van der Waals surface area contributed by atoms with Gasteiger partial charge in [-0.25, -0.2) is 0 Å². The highest BCUT2D eigenvalue weighted by molar-refractivity contribution is 5.76. The first-order valence-electron chi connectivity index (χ1n) is 21.3. The zero-order valence-corrected chi connectivity index (χ0v) is 38.0. The molecule has 0 aliphatic heterocycles. The molecule has 0 aliphatic carbocycles. The number of amides is 2. The lowest BCUT2D eigenvalue weighted by Gasteiger charge is -2.40. The number of phenolic OH excluding ortho intramolecular Hbond substituents is 4. The van der Waals surface area contributed by atoms with Crippen LogP contribution in [0, 0.1) is 5.41 Å². The van der Waals surface area contributed by atoms with E-state index >= 15 is 0 Å². The third-order valence-electron chi connectivity index (χ3n) is 10.5. The molecule has 1 atom stereocenters. The van der Waals surface area contributed by atoms with E-state index in [1.807, 2.05) is 62.3 Å². The average Bonchev–Trinajstić information content (AvgIpc) is 3.20. The van der Waals surface area contributed by atoms with Gasteiger partial charge in [-0.15, -0.1) is 0 Å². The summed E-state index contributed by atoms with van der Waals surface area (Å²) in [6.07, 6.45) is 3.32. The maximum atomic E-state index is 12.6. The van der Waals surface area contributed by atoms with Gasteiger partial charge in [0.25, 0.3) is 0 Å². The highest BCUT2D eigenvalue weighted by atomic mass is 16.6. The Bertz CT molecular complexity index is 1590. The Kier molecular flexibility index (Phi) is 21.6. The van der Waals surface area contributed by atoms with Gasteiger partial charge in [0.2, 0.25) is 11.8 Å². The van der Waals surface area contributed by atoms with Gasteiger partial charge in [0.15, 0.2) is 23.0 Å². The Morgan fingerprint density at radius 2 is 0.950 bits per heavy atom. The molecule has 0 aromatic heterocycles. The van der Waals surface area contributed by atoms with Crippen molar-refractivity contribution < 1.29 is 58.4 Å². The number of carbonyl (C=O) groups is 2. The van der Waals surface area contributed by atoms with E-state index < -0.39 is 27.8 Å². The Morgan fingerprint density at radius 3 is 1.37 bits per heavy atom. The molecule has 0 heterocycles. The molecule has 0 fully saturated rings. The molecule has 0 radical (unpaired) electrons. The summed E-state index contributed by atoms with van der Waals surface area (Å²) in [7, 11) is 0. The first-order valence-corrected chi connectivity index (χ1v) is 21.3. The molecule has 0 spiro atoms. The summed E-state index contributed by atoms with van der Waals surface area (Å²) in [6.45, 7) is 23.7. The molecule has 2 amide bonds. The van der Waals surface area contributed by atoms with Gasteiger partial charge < -0.3 is 59.5 Å². The molecule has 60 heavy (non-hydrogen) atoms. The van der Waals surface area contributed by atoms with Crippen molar-refractivity contribution in [2.24, 2.45) is 5.41 Å². The Labute approximate surface area is 358 Å². The molecule has 0 saturated carbocycles. The van der Waals surface area contributed by atoms with E-state index in [9.17, 15) is 30.0 Å². The molecule has 14 nitrogen and oxygen atoms in total. The van der Waals surface area contributed by atoms with E-state index in [0.29, 0.717) is 78.4 Å². The fourth-order valence-electron chi connectivity index (χ4n) is 5.92. The van der Waals surface area contributed by atoms with Crippen LogP contribution in [0.4, 0.5) is 0 Å². The number of hydrogen-bond donors (Lipinski definition) is 6. The molecule has 1 unspecified atom stereocenters. The number of rotatable bonds is 31.